The first-order valence-electron chi connectivity index (χ1n) is 7.60. The molecule has 116 valence electrons. The second-order valence-corrected chi connectivity index (χ2v) is 5.38. The molecule has 0 unspecified atom stereocenters. The molecule has 0 fully saturated rings. The van der Waals surface area contributed by atoms with Gasteiger partial charge in [0, 0.05) is 11.6 Å². The van der Waals surface area contributed by atoms with E-state index in [0.29, 0.717) is 6.61 Å². The van der Waals surface area contributed by atoms with Gasteiger partial charge in [0.15, 0.2) is 0 Å². The number of likely N-dealkylation sites (N-methyl/N-ethyl adjacent to an activating group) is 1. The predicted molar refractivity (Wildman–Crippen MR) is 92.2 cm³/mol. The molecule has 1 aromatic rings. The third-order valence-corrected chi connectivity index (χ3v) is 3.56. The summed E-state index contributed by atoms with van der Waals surface area (Å²) in [6, 6.07) is 8.23. The van der Waals surface area contributed by atoms with E-state index in [2.05, 4.69) is 30.4 Å². The smallest absolute Gasteiger partial charge is 0.119 e. The summed E-state index contributed by atoms with van der Waals surface area (Å²) < 4.78 is 5.44. The van der Waals surface area contributed by atoms with Crippen LogP contribution in [0.15, 0.2) is 47.0 Å². The standard InChI is InChI=1S/C18H26ClNO/c1-4-15(14-20-3)6-10-17(19)11-7-16-8-12-18(13-9-16)21-5-2/h6,8-10,12-13,20H,4-5,7,11,14H2,1-3H3. The molecule has 2 nitrogen and oxygen atoms in total. The average Bonchev–Trinajstić information content (AvgIpc) is 2.51. The maximum absolute atomic E-state index is 6.28. The molecular formula is C18H26ClNO. The lowest BCUT2D eigenvalue weighted by atomic mass is 10.1. The van der Waals surface area contributed by atoms with Crippen LogP contribution in [0, 0.1) is 0 Å². The molecule has 0 saturated carbocycles. The fraction of sp³-hybridized carbons (Fsp3) is 0.444. The molecule has 0 atom stereocenters. The predicted octanol–water partition coefficient (Wildman–Crippen LogP) is 4.70. The zero-order valence-electron chi connectivity index (χ0n) is 13.3. The highest BCUT2D eigenvalue weighted by atomic mass is 35.5. The number of halogens is 1. The third-order valence-electron chi connectivity index (χ3n) is 3.24. The lowest BCUT2D eigenvalue weighted by Crippen LogP contribution is -2.09. The van der Waals surface area contributed by atoms with Crippen LogP contribution in [0.5, 0.6) is 5.75 Å². The van der Waals surface area contributed by atoms with E-state index in [1.54, 1.807) is 0 Å². The van der Waals surface area contributed by atoms with Crippen molar-refractivity contribution in [2.45, 2.75) is 33.1 Å². The van der Waals surface area contributed by atoms with E-state index in [9.17, 15) is 0 Å². The lowest BCUT2D eigenvalue weighted by molar-refractivity contribution is 0.340. The number of ether oxygens (including phenoxy) is 1. The highest BCUT2D eigenvalue weighted by Gasteiger charge is 1.98. The van der Waals surface area contributed by atoms with Gasteiger partial charge in [0.1, 0.15) is 5.75 Å². The number of allylic oxidation sites excluding steroid dienone is 3. The van der Waals surface area contributed by atoms with Crippen LogP contribution in [-0.2, 0) is 6.42 Å². The average molecular weight is 308 g/mol. The molecule has 1 rings (SSSR count). The minimum absolute atomic E-state index is 0.701. The Hall–Kier alpha value is -1.25. The highest BCUT2D eigenvalue weighted by molar-refractivity contribution is 6.29. The molecule has 0 aliphatic heterocycles. The van der Waals surface area contributed by atoms with Crippen molar-refractivity contribution in [1.82, 2.24) is 5.32 Å². The van der Waals surface area contributed by atoms with Crippen LogP contribution >= 0.6 is 11.6 Å². The van der Waals surface area contributed by atoms with Crippen LogP contribution < -0.4 is 10.1 Å². The quantitative estimate of drug-likeness (QED) is 0.668. The summed E-state index contributed by atoms with van der Waals surface area (Å²) in [5, 5.41) is 4.06. The molecule has 0 aliphatic rings. The van der Waals surface area contributed by atoms with E-state index >= 15 is 0 Å². The van der Waals surface area contributed by atoms with Crippen molar-refractivity contribution in [2.24, 2.45) is 0 Å². The van der Waals surface area contributed by atoms with E-state index in [-0.39, 0.29) is 0 Å². The molecule has 0 amide bonds. The van der Waals surface area contributed by atoms with Crippen LogP contribution in [0.1, 0.15) is 32.3 Å². The van der Waals surface area contributed by atoms with Crippen LogP contribution in [0.4, 0.5) is 0 Å². The largest absolute Gasteiger partial charge is 0.494 e. The van der Waals surface area contributed by atoms with Crippen LogP contribution in [0.25, 0.3) is 0 Å². The maximum Gasteiger partial charge on any atom is 0.119 e. The van der Waals surface area contributed by atoms with Gasteiger partial charge in [-0.25, -0.2) is 0 Å². The van der Waals surface area contributed by atoms with Gasteiger partial charge in [-0.3, -0.25) is 0 Å². The minimum Gasteiger partial charge on any atom is -0.494 e. The Morgan fingerprint density at radius 2 is 1.90 bits per heavy atom. The second kappa shape index (κ2) is 10.5. The summed E-state index contributed by atoms with van der Waals surface area (Å²) in [7, 11) is 1.96. The van der Waals surface area contributed by atoms with Crippen molar-refractivity contribution in [2.75, 3.05) is 20.2 Å². The molecule has 21 heavy (non-hydrogen) atoms. The Morgan fingerprint density at radius 1 is 1.19 bits per heavy atom. The minimum atomic E-state index is 0.701. The van der Waals surface area contributed by atoms with Gasteiger partial charge in [0.05, 0.1) is 6.61 Å². The van der Waals surface area contributed by atoms with Crippen molar-refractivity contribution in [3.63, 3.8) is 0 Å². The summed E-state index contributed by atoms with van der Waals surface area (Å²) in [6.07, 6.45) is 7.00. The first-order chi connectivity index (χ1) is 10.2. The van der Waals surface area contributed by atoms with Gasteiger partial charge in [-0.2, -0.15) is 0 Å². The summed E-state index contributed by atoms with van der Waals surface area (Å²) in [5.74, 6) is 0.922. The van der Waals surface area contributed by atoms with E-state index in [0.717, 1.165) is 36.6 Å². The molecular weight excluding hydrogens is 282 g/mol. The summed E-state index contributed by atoms with van der Waals surface area (Å²) in [6.45, 7) is 5.76. The van der Waals surface area contributed by atoms with Gasteiger partial charge >= 0.3 is 0 Å². The Balaban J connectivity index is 2.49. The highest BCUT2D eigenvalue weighted by Crippen LogP contribution is 2.17. The summed E-state index contributed by atoms with van der Waals surface area (Å²) in [4.78, 5) is 0. The fourth-order valence-corrected chi connectivity index (χ4v) is 2.16. The second-order valence-electron chi connectivity index (χ2n) is 4.90. The molecule has 1 aromatic carbocycles. The van der Waals surface area contributed by atoms with Crippen LogP contribution in [0.2, 0.25) is 0 Å². The molecule has 3 heteroatoms. The number of hydrogen-bond acceptors (Lipinski definition) is 2. The maximum atomic E-state index is 6.28. The van der Waals surface area contributed by atoms with Crippen molar-refractivity contribution in [1.29, 1.82) is 0 Å². The van der Waals surface area contributed by atoms with Gasteiger partial charge in [0.2, 0.25) is 0 Å². The van der Waals surface area contributed by atoms with Gasteiger partial charge in [-0.15, -0.1) is 0 Å². The molecule has 0 aliphatic carbocycles. The Kier molecular flexibility index (Phi) is 8.88. The van der Waals surface area contributed by atoms with Gasteiger partial charge in [0.25, 0.3) is 0 Å². The molecule has 1 N–H and O–H groups in total. The number of rotatable bonds is 9. The number of hydrogen-bond donors (Lipinski definition) is 1. The first-order valence-corrected chi connectivity index (χ1v) is 7.97. The van der Waals surface area contributed by atoms with Gasteiger partial charge in [-0.05, 0) is 57.0 Å². The zero-order valence-corrected chi connectivity index (χ0v) is 14.0. The normalized spacial score (nSPS) is 12.6. The Labute approximate surface area is 133 Å². The summed E-state index contributed by atoms with van der Waals surface area (Å²) in [5.41, 5.74) is 2.64. The van der Waals surface area contributed by atoms with Gasteiger partial charge in [-0.1, -0.05) is 42.3 Å². The van der Waals surface area contributed by atoms with E-state index in [1.165, 1.54) is 11.1 Å². The Bertz CT molecular complexity index is 463. The first kappa shape index (κ1) is 17.8. The Morgan fingerprint density at radius 3 is 2.48 bits per heavy atom. The number of nitrogens with one attached hydrogen (secondary N) is 1. The molecule has 0 heterocycles. The van der Waals surface area contributed by atoms with E-state index in [4.69, 9.17) is 16.3 Å². The molecule has 0 saturated heterocycles. The van der Waals surface area contributed by atoms with Crippen LogP contribution in [0.3, 0.4) is 0 Å². The lowest BCUT2D eigenvalue weighted by Gasteiger charge is -2.05. The molecule has 0 bridgehead atoms. The zero-order chi connectivity index (χ0) is 15.5. The fourth-order valence-electron chi connectivity index (χ4n) is 2.00. The van der Waals surface area contributed by atoms with Crippen molar-refractivity contribution in [3.8, 4) is 5.75 Å². The number of benzene rings is 1. The van der Waals surface area contributed by atoms with Crippen molar-refractivity contribution < 1.29 is 4.74 Å². The van der Waals surface area contributed by atoms with E-state index < -0.39 is 0 Å². The molecule has 0 spiro atoms. The van der Waals surface area contributed by atoms with Crippen molar-refractivity contribution >= 4 is 11.6 Å². The third kappa shape index (κ3) is 7.35. The number of aryl methyl sites for hydroxylation is 1. The van der Waals surface area contributed by atoms with Crippen molar-refractivity contribution in [3.05, 3.63) is 52.6 Å². The van der Waals surface area contributed by atoms with E-state index in [1.807, 2.05) is 32.2 Å². The topological polar surface area (TPSA) is 21.3 Å². The molecule has 0 aromatic heterocycles. The SMILES string of the molecule is CCOc1ccc(CCC(Cl)=CC=C(CC)CNC)cc1. The monoisotopic (exact) mass is 307 g/mol. The van der Waals surface area contributed by atoms with Gasteiger partial charge < -0.3 is 10.1 Å². The molecule has 0 radical (unpaired) electrons. The van der Waals surface area contributed by atoms with Crippen LogP contribution in [-0.4, -0.2) is 20.2 Å². The summed E-state index contributed by atoms with van der Waals surface area (Å²) >= 11 is 6.28.